The molecule has 140 valence electrons. The lowest BCUT2D eigenvalue weighted by atomic mass is 9.89. The minimum absolute atomic E-state index is 0.0424. The number of halogens is 4. The van der Waals surface area contributed by atoms with Crippen molar-refractivity contribution in [3.05, 3.63) is 70.2 Å². The van der Waals surface area contributed by atoms with Crippen LogP contribution in [-0.2, 0) is 22.1 Å². The molecule has 0 saturated carbocycles. The number of alkyl halides is 3. The van der Waals surface area contributed by atoms with E-state index in [4.69, 9.17) is 16.3 Å². The van der Waals surface area contributed by atoms with Gasteiger partial charge < -0.3 is 9.84 Å². The van der Waals surface area contributed by atoms with Crippen LogP contribution in [0.25, 0.3) is 0 Å². The van der Waals surface area contributed by atoms with E-state index in [-0.39, 0.29) is 13.0 Å². The number of carbonyl (C=O) groups excluding carboxylic acids is 1. The first-order valence-corrected chi connectivity index (χ1v) is 8.36. The van der Waals surface area contributed by atoms with Crippen molar-refractivity contribution < 1.29 is 27.8 Å². The molecule has 0 fully saturated rings. The highest BCUT2D eigenvalue weighted by atomic mass is 35.5. The van der Waals surface area contributed by atoms with Crippen LogP contribution in [0.4, 0.5) is 13.2 Å². The molecule has 0 aliphatic rings. The smallest absolute Gasteiger partial charge is 0.416 e. The van der Waals surface area contributed by atoms with Gasteiger partial charge in [-0.1, -0.05) is 35.9 Å². The van der Waals surface area contributed by atoms with Gasteiger partial charge in [-0.2, -0.15) is 13.2 Å². The largest absolute Gasteiger partial charge is 0.466 e. The van der Waals surface area contributed by atoms with Crippen LogP contribution in [0.3, 0.4) is 0 Å². The Kier molecular flexibility index (Phi) is 6.67. The number of aliphatic hydroxyl groups excluding tert-OH is 1. The molecule has 0 spiro atoms. The Labute approximate surface area is 154 Å². The number of hydrogen-bond donors (Lipinski definition) is 1. The second kappa shape index (κ2) is 8.56. The van der Waals surface area contributed by atoms with Gasteiger partial charge in [-0.05, 0) is 48.7 Å². The van der Waals surface area contributed by atoms with Gasteiger partial charge in [-0.3, -0.25) is 4.79 Å². The normalized spacial score (nSPS) is 13.9. The molecule has 2 atom stereocenters. The summed E-state index contributed by atoms with van der Waals surface area (Å²) in [5.74, 6) is -1.57. The summed E-state index contributed by atoms with van der Waals surface area (Å²) in [6.45, 7) is 1.78. The molecule has 1 N–H and O–H groups in total. The number of benzene rings is 2. The Bertz CT molecular complexity index is 727. The van der Waals surface area contributed by atoms with Crippen molar-refractivity contribution in [3.63, 3.8) is 0 Å². The van der Waals surface area contributed by atoms with Gasteiger partial charge in [0, 0.05) is 5.02 Å². The van der Waals surface area contributed by atoms with E-state index >= 15 is 0 Å². The van der Waals surface area contributed by atoms with Crippen LogP contribution in [0.15, 0.2) is 48.5 Å². The summed E-state index contributed by atoms with van der Waals surface area (Å²) >= 11 is 5.82. The van der Waals surface area contributed by atoms with Crippen LogP contribution < -0.4 is 0 Å². The van der Waals surface area contributed by atoms with Crippen molar-refractivity contribution in [1.82, 2.24) is 0 Å². The van der Waals surface area contributed by atoms with Crippen LogP contribution in [0.5, 0.6) is 0 Å². The van der Waals surface area contributed by atoms with Crippen LogP contribution in [0.2, 0.25) is 5.02 Å². The molecule has 3 nitrogen and oxygen atoms in total. The maximum absolute atomic E-state index is 12.7. The monoisotopic (exact) mass is 386 g/mol. The molecule has 2 unspecified atom stereocenters. The number of aliphatic hydroxyl groups is 1. The highest BCUT2D eigenvalue weighted by Crippen LogP contribution is 2.31. The van der Waals surface area contributed by atoms with E-state index in [1.165, 1.54) is 12.1 Å². The summed E-state index contributed by atoms with van der Waals surface area (Å²) in [7, 11) is 0. The van der Waals surface area contributed by atoms with E-state index in [1.807, 2.05) is 0 Å². The summed E-state index contributed by atoms with van der Waals surface area (Å²) in [5, 5.41) is 11.1. The number of rotatable bonds is 6. The van der Waals surface area contributed by atoms with Gasteiger partial charge in [0.05, 0.1) is 24.2 Å². The first-order chi connectivity index (χ1) is 12.2. The zero-order valence-electron chi connectivity index (χ0n) is 14.0. The molecule has 0 aliphatic heterocycles. The highest BCUT2D eigenvalue weighted by Gasteiger charge is 2.32. The van der Waals surface area contributed by atoms with E-state index in [2.05, 4.69) is 0 Å². The standard InChI is InChI=1S/C19H18ClF3O3/c1-2-26-18(25)16(17(24)13-5-9-15(20)10-6-13)11-12-3-7-14(8-4-12)19(21,22)23/h3-10,16-17,24H,2,11H2,1H3. The lowest BCUT2D eigenvalue weighted by Gasteiger charge is -2.22. The predicted octanol–water partition coefficient (Wildman–Crippen LogP) is 4.81. The molecule has 0 heterocycles. The summed E-state index contributed by atoms with van der Waals surface area (Å²) in [5.41, 5.74) is 0.190. The maximum Gasteiger partial charge on any atom is 0.416 e. The molecule has 0 amide bonds. The van der Waals surface area contributed by atoms with Crippen molar-refractivity contribution in [1.29, 1.82) is 0 Å². The molecule has 2 aromatic rings. The number of hydrogen-bond acceptors (Lipinski definition) is 3. The zero-order chi connectivity index (χ0) is 19.3. The van der Waals surface area contributed by atoms with Crippen LogP contribution in [-0.4, -0.2) is 17.7 Å². The Morgan fingerprint density at radius 3 is 2.19 bits per heavy atom. The van der Waals surface area contributed by atoms with Crippen molar-refractivity contribution in [2.45, 2.75) is 25.6 Å². The van der Waals surface area contributed by atoms with Gasteiger partial charge in [-0.15, -0.1) is 0 Å². The van der Waals surface area contributed by atoms with E-state index in [0.29, 0.717) is 16.1 Å². The minimum Gasteiger partial charge on any atom is -0.466 e. The van der Waals surface area contributed by atoms with Crippen molar-refractivity contribution >= 4 is 17.6 Å². The summed E-state index contributed by atoms with van der Waals surface area (Å²) < 4.78 is 43.0. The third-order valence-electron chi connectivity index (χ3n) is 3.92. The van der Waals surface area contributed by atoms with Gasteiger partial charge in [0.25, 0.3) is 0 Å². The first-order valence-electron chi connectivity index (χ1n) is 7.98. The fourth-order valence-corrected chi connectivity index (χ4v) is 2.68. The molecular formula is C19H18ClF3O3. The fourth-order valence-electron chi connectivity index (χ4n) is 2.55. The molecule has 0 aromatic heterocycles. The average Bonchev–Trinajstić information content (AvgIpc) is 2.59. The SMILES string of the molecule is CCOC(=O)C(Cc1ccc(C(F)(F)F)cc1)C(O)c1ccc(Cl)cc1. The second-order valence-electron chi connectivity index (χ2n) is 5.75. The Morgan fingerprint density at radius 1 is 1.12 bits per heavy atom. The Hall–Kier alpha value is -2.05. The van der Waals surface area contributed by atoms with Gasteiger partial charge in [-0.25, -0.2) is 0 Å². The van der Waals surface area contributed by atoms with Crippen molar-refractivity contribution in [2.24, 2.45) is 5.92 Å². The minimum atomic E-state index is -4.43. The topological polar surface area (TPSA) is 46.5 Å². The summed E-state index contributed by atoms with van der Waals surface area (Å²) in [4.78, 5) is 12.3. The third-order valence-corrected chi connectivity index (χ3v) is 4.17. The average molecular weight is 387 g/mol. The van der Waals surface area contributed by atoms with E-state index in [9.17, 15) is 23.1 Å². The lowest BCUT2D eigenvalue weighted by Crippen LogP contribution is -2.26. The highest BCUT2D eigenvalue weighted by molar-refractivity contribution is 6.30. The molecule has 0 radical (unpaired) electrons. The lowest BCUT2D eigenvalue weighted by molar-refractivity contribution is -0.152. The second-order valence-corrected chi connectivity index (χ2v) is 6.19. The molecule has 0 saturated heterocycles. The van der Waals surface area contributed by atoms with Gasteiger partial charge in [0.15, 0.2) is 0 Å². The van der Waals surface area contributed by atoms with Crippen LogP contribution in [0.1, 0.15) is 29.7 Å². The Balaban J connectivity index is 2.24. The third kappa shape index (κ3) is 5.22. The maximum atomic E-state index is 12.7. The number of esters is 1. The van der Waals surface area contributed by atoms with Crippen LogP contribution >= 0.6 is 11.6 Å². The van der Waals surface area contributed by atoms with Gasteiger partial charge in [0.2, 0.25) is 0 Å². The molecule has 0 bridgehead atoms. The van der Waals surface area contributed by atoms with Crippen molar-refractivity contribution in [3.8, 4) is 0 Å². The van der Waals surface area contributed by atoms with Crippen molar-refractivity contribution in [2.75, 3.05) is 6.61 Å². The van der Waals surface area contributed by atoms with Crippen LogP contribution in [0, 0.1) is 5.92 Å². The number of ether oxygens (including phenoxy) is 1. The Morgan fingerprint density at radius 2 is 1.69 bits per heavy atom. The molecule has 2 rings (SSSR count). The molecule has 0 aliphatic carbocycles. The summed E-state index contributed by atoms with van der Waals surface area (Å²) in [6.07, 6.45) is -5.56. The molecule has 2 aromatic carbocycles. The summed E-state index contributed by atoms with van der Waals surface area (Å²) in [6, 6.07) is 10.8. The predicted molar refractivity (Wildman–Crippen MR) is 91.7 cm³/mol. The van der Waals surface area contributed by atoms with Gasteiger partial charge >= 0.3 is 12.1 Å². The van der Waals surface area contributed by atoms with E-state index in [1.54, 1.807) is 31.2 Å². The quantitative estimate of drug-likeness (QED) is 0.724. The van der Waals surface area contributed by atoms with E-state index in [0.717, 1.165) is 12.1 Å². The van der Waals surface area contributed by atoms with Gasteiger partial charge in [0.1, 0.15) is 0 Å². The number of carbonyl (C=O) groups is 1. The fraction of sp³-hybridized carbons (Fsp3) is 0.316. The van der Waals surface area contributed by atoms with E-state index < -0.39 is 29.7 Å². The first kappa shape index (κ1) is 20.3. The molecular weight excluding hydrogens is 369 g/mol. The zero-order valence-corrected chi connectivity index (χ0v) is 14.7. The molecule has 7 heteroatoms. The molecule has 26 heavy (non-hydrogen) atoms.